The summed E-state index contributed by atoms with van der Waals surface area (Å²) in [6.45, 7) is 7.54. The molecule has 2 rings (SSSR count). The molecule has 142 valence electrons. The van der Waals surface area contributed by atoms with Crippen LogP contribution in [-0.4, -0.2) is 23.2 Å². The Morgan fingerprint density at radius 2 is 2.15 bits per heavy atom. The predicted octanol–water partition coefficient (Wildman–Crippen LogP) is 5.09. The Morgan fingerprint density at radius 1 is 1.38 bits per heavy atom. The van der Waals surface area contributed by atoms with Gasteiger partial charge in [-0.25, -0.2) is 14.2 Å². The summed E-state index contributed by atoms with van der Waals surface area (Å²) in [5.74, 6) is 0.729. The average Bonchev–Trinajstić information content (AvgIpc) is 2.97. The van der Waals surface area contributed by atoms with Crippen LogP contribution >= 0.6 is 0 Å². The third-order valence-electron chi connectivity index (χ3n) is 3.69. The Labute approximate surface area is 153 Å². The second-order valence-corrected chi connectivity index (χ2v) is 7.31. The molecule has 0 unspecified atom stereocenters. The first-order valence-corrected chi connectivity index (χ1v) is 8.94. The number of hydrogen-bond acceptors (Lipinski definition) is 4. The number of aryl methyl sites for hydroxylation is 1. The number of fused-ring (bicyclic) bond motifs is 1. The third-order valence-corrected chi connectivity index (χ3v) is 3.69. The highest BCUT2D eigenvalue weighted by molar-refractivity contribution is 5.73. The van der Waals surface area contributed by atoms with E-state index in [0.717, 1.165) is 36.2 Å². The summed E-state index contributed by atoms with van der Waals surface area (Å²) in [6.07, 6.45) is 3.25. The van der Waals surface area contributed by atoms with Crippen molar-refractivity contribution in [2.75, 3.05) is 6.54 Å². The van der Waals surface area contributed by atoms with Crippen molar-refractivity contribution in [3.63, 3.8) is 0 Å². The van der Waals surface area contributed by atoms with E-state index >= 15 is 0 Å². The van der Waals surface area contributed by atoms with Gasteiger partial charge in [-0.3, -0.25) is 0 Å². The van der Waals surface area contributed by atoms with Crippen molar-refractivity contribution in [1.82, 2.24) is 10.3 Å². The monoisotopic (exact) mass is 362 g/mol. The topological polar surface area (TPSA) is 64.4 Å². The van der Waals surface area contributed by atoms with Crippen molar-refractivity contribution in [2.24, 2.45) is 0 Å². The zero-order chi connectivity index (χ0) is 19.2. The Morgan fingerprint density at radius 3 is 2.81 bits per heavy atom. The van der Waals surface area contributed by atoms with Crippen LogP contribution in [0.1, 0.15) is 52.0 Å². The molecular weight excluding hydrogens is 335 g/mol. The van der Waals surface area contributed by atoms with Crippen LogP contribution in [0.5, 0.6) is 0 Å². The summed E-state index contributed by atoms with van der Waals surface area (Å²) in [4.78, 5) is 16.1. The third kappa shape index (κ3) is 6.17. The molecule has 0 saturated heterocycles. The van der Waals surface area contributed by atoms with Gasteiger partial charge in [0.25, 0.3) is 0 Å². The average molecular weight is 362 g/mol. The van der Waals surface area contributed by atoms with E-state index in [-0.39, 0.29) is 6.54 Å². The quantitative estimate of drug-likeness (QED) is 0.745. The number of alkyl carbamates (subject to hydrolysis) is 1. The number of amides is 1. The lowest BCUT2D eigenvalue weighted by Crippen LogP contribution is -2.33. The highest BCUT2D eigenvalue weighted by Crippen LogP contribution is 2.20. The molecule has 0 spiro atoms. The molecule has 1 N–H and O–H groups in total. The van der Waals surface area contributed by atoms with E-state index in [1.807, 2.05) is 18.2 Å². The van der Waals surface area contributed by atoms with Crippen molar-refractivity contribution in [3.8, 4) is 0 Å². The SMILES string of the molecule is CCCCc1nc2ccc(CC(=CF)CNC(=O)OC(C)(C)C)cc2o1. The van der Waals surface area contributed by atoms with Gasteiger partial charge >= 0.3 is 6.09 Å². The first-order valence-electron chi connectivity index (χ1n) is 8.94. The van der Waals surface area contributed by atoms with E-state index in [2.05, 4.69) is 17.2 Å². The van der Waals surface area contributed by atoms with Crippen molar-refractivity contribution >= 4 is 17.2 Å². The summed E-state index contributed by atoms with van der Waals surface area (Å²) in [6, 6.07) is 5.64. The zero-order valence-corrected chi connectivity index (χ0v) is 15.9. The number of rotatable bonds is 7. The summed E-state index contributed by atoms with van der Waals surface area (Å²) < 4.78 is 24.1. The van der Waals surface area contributed by atoms with E-state index in [0.29, 0.717) is 23.9 Å². The molecule has 0 aliphatic heterocycles. The number of carbonyl (C=O) groups excluding carboxylic acids is 1. The molecule has 0 aliphatic rings. The lowest BCUT2D eigenvalue weighted by atomic mass is 10.1. The van der Waals surface area contributed by atoms with E-state index < -0.39 is 11.7 Å². The second-order valence-electron chi connectivity index (χ2n) is 7.31. The van der Waals surface area contributed by atoms with Crippen LogP contribution in [0.25, 0.3) is 11.1 Å². The summed E-state index contributed by atoms with van der Waals surface area (Å²) in [7, 11) is 0. The van der Waals surface area contributed by atoms with E-state index in [9.17, 15) is 9.18 Å². The molecule has 1 amide bonds. The Hall–Kier alpha value is -2.37. The van der Waals surface area contributed by atoms with Crippen LogP contribution in [0.3, 0.4) is 0 Å². The second kappa shape index (κ2) is 8.83. The molecule has 2 aromatic rings. The van der Waals surface area contributed by atoms with Crippen LogP contribution in [-0.2, 0) is 17.6 Å². The number of halogens is 1. The van der Waals surface area contributed by atoms with Crippen LogP contribution in [0, 0.1) is 0 Å². The number of nitrogens with zero attached hydrogens (tertiary/aromatic N) is 1. The number of ether oxygens (including phenoxy) is 1. The van der Waals surface area contributed by atoms with Gasteiger partial charge in [-0.15, -0.1) is 0 Å². The molecule has 26 heavy (non-hydrogen) atoms. The normalized spacial score (nSPS) is 12.4. The molecule has 1 heterocycles. The van der Waals surface area contributed by atoms with Gasteiger partial charge in [0.05, 0.1) is 6.33 Å². The zero-order valence-electron chi connectivity index (χ0n) is 15.9. The van der Waals surface area contributed by atoms with Crippen LogP contribution in [0.2, 0.25) is 0 Å². The smallest absolute Gasteiger partial charge is 0.407 e. The number of carbonyl (C=O) groups is 1. The van der Waals surface area contributed by atoms with Gasteiger partial charge in [0, 0.05) is 13.0 Å². The van der Waals surface area contributed by atoms with Gasteiger partial charge in [0.2, 0.25) is 0 Å². The van der Waals surface area contributed by atoms with Gasteiger partial charge in [-0.2, -0.15) is 0 Å². The standard InChI is InChI=1S/C20H27FN2O3/c1-5-6-7-18-23-16-9-8-14(11-17(16)25-18)10-15(12-21)13-22-19(24)26-20(2,3)4/h8-9,11-12H,5-7,10,13H2,1-4H3,(H,22,24). The highest BCUT2D eigenvalue weighted by atomic mass is 19.1. The van der Waals surface area contributed by atoms with Crippen LogP contribution in [0.15, 0.2) is 34.5 Å². The van der Waals surface area contributed by atoms with Crippen molar-refractivity contribution < 1.29 is 18.3 Å². The molecule has 0 bridgehead atoms. The lowest BCUT2D eigenvalue weighted by Gasteiger charge is -2.20. The number of aromatic nitrogens is 1. The van der Waals surface area contributed by atoms with Gasteiger partial charge in [0.1, 0.15) is 11.1 Å². The maximum atomic E-state index is 13.2. The first-order chi connectivity index (χ1) is 12.3. The highest BCUT2D eigenvalue weighted by Gasteiger charge is 2.16. The van der Waals surface area contributed by atoms with Crippen LogP contribution in [0.4, 0.5) is 9.18 Å². The molecule has 0 fully saturated rings. The molecule has 1 aromatic heterocycles. The largest absolute Gasteiger partial charge is 0.444 e. The van der Waals surface area contributed by atoms with Gasteiger partial charge in [0.15, 0.2) is 11.5 Å². The fraction of sp³-hybridized carbons (Fsp3) is 0.500. The number of hydrogen-bond donors (Lipinski definition) is 1. The van der Waals surface area contributed by atoms with Crippen LogP contribution < -0.4 is 5.32 Å². The number of benzene rings is 1. The predicted molar refractivity (Wildman–Crippen MR) is 99.8 cm³/mol. The Bertz CT molecular complexity index is 775. The molecule has 0 saturated carbocycles. The lowest BCUT2D eigenvalue weighted by molar-refractivity contribution is 0.0532. The Balaban J connectivity index is 1.98. The van der Waals surface area contributed by atoms with Gasteiger partial charge < -0.3 is 14.5 Å². The molecule has 1 aromatic carbocycles. The van der Waals surface area contributed by atoms with E-state index in [1.54, 1.807) is 20.8 Å². The minimum atomic E-state index is -0.587. The van der Waals surface area contributed by atoms with Crippen molar-refractivity contribution in [2.45, 2.75) is 59.0 Å². The van der Waals surface area contributed by atoms with E-state index in [1.165, 1.54) is 0 Å². The summed E-state index contributed by atoms with van der Waals surface area (Å²) in [5, 5.41) is 2.57. The molecule has 0 atom stereocenters. The van der Waals surface area contributed by atoms with Crippen molar-refractivity contribution in [1.29, 1.82) is 0 Å². The number of unbranched alkanes of at least 4 members (excludes halogenated alkanes) is 1. The summed E-state index contributed by atoms with van der Waals surface area (Å²) in [5.41, 5.74) is 2.26. The first kappa shape index (κ1) is 19.9. The van der Waals surface area contributed by atoms with Crippen molar-refractivity contribution in [3.05, 3.63) is 41.6 Å². The minimum absolute atomic E-state index is 0.0849. The van der Waals surface area contributed by atoms with Gasteiger partial charge in [-0.05, 0) is 56.9 Å². The molecule has 0 radical (unpaired) electrons. The fourth-order valence-electron chi connectivity index (χ4n) is 2.46. The summed E-state index contributed by atoms with van der Waals surface area (Å²) >= 11 is 0. The van der Waals surface area contributed by atoms with E-state index in [4.69, 9.17) is 9.15 Å². The number of oxazole rings is 1. The molecular formula is C20H27FN2O3. The fourth-order valence-corrected chi connectivity index (χ4v) is 2.46. The molecule has 5 nitrogen and oxygen atoms in total. The van der Waals surface area contributed by atoms with Gasteiger partial charge in [-0.1, -0.05) is 19.4 Å². The Kier molecular flexibility index (Phi) is 6.77. The molecule has 6 heteroatoms. The maximum Gasteiger partial charge on any atom is 0.407 e. The minimum Gasteiger partial charge on any atom is -0.444 e. The number of nitrogens with one attached hydrogen (secondary N) is 1. The maximum absolute atomic E-state index is 13.2. The molecule has 0 aliphatic carbocycles.